The number of carbonyl (C=O) groups excluding carboxylic acids is 1. The molecule has 156 valence electrons. The summed E-state index contributed by atoms with van der Waals surface area (Å²) in [6, 6.07) is 1.92. The van der Waals surface area contributed by atoms with Gasteiger partial charge in [-0.3, -0.25) is 4.79 Å². The largest absolute Gasteiger partial charge is 0.469 e. The molecule has 1 saturated carbocycles. The second-order valence-corrected chi connectivity index (χ2v) is 9.07. The number of ether oxygens (including phenoxy) is 1. The number of esters is 1. The number of methoxy groups -OCH3 is 1. The molecule has 2 aromatic heterocycles. The maximum absolute atomic E-state index is 12.4. The molecule has 0 aromatic carbocycles. The van der Waals surface area contributed by atoms with Gasteiger partial charge in [0, 0.05) is 36.4 Å². The Bertz CT molecular complexity index is 822. The number of nitrogens with zero attached hydrogens (tertiary/aromatic N) is 4. The molecule has 3 heterocycles. The fourth-order valence-electron chi connectivity index (χ4n) is 4.74. The topological polar surface area (TPSA) is 80.2 Å². The Hall–Kier alpha value is -2.22. The van der Waals surface area contributed by atoms with Crippen LogP contribution >= 0.6 is 11.3 Å². The highest BCUT2D eigenvalue weighted by molar-refractivity contribution is 7.13. The molecule has 8 heteroatoms. The van der Waals surface area contributed by atoms with Crippen LogP contribution in [-0.2, 0) is 9.53 Å². The molecule has 1 N–H and O–H groups in total. The van der Waals surface area contributed by atoms with E-state index < -0.39 is 0 Å². The van der Waals surface area contributed by atoms with Crippen molar-refractivity contribution in [2.45, 2.75) is 45.4 Å². The van der Waals surface area contributed by atoms with Gasteiger partial charge in [0.2, 0.25) is 5.95 Å². The van der Waals surface area contributed by atoms with E-state index in [-0.39, 0.29) is 11.9 Å². The summed E-state index contributed by atoms with van der Waals surface area (Å²) in [4.78, 5) is 28.3. The summed E-state index contributed by atoms with van der Waals surface area (Å²) >= 11 is 1.53. The number of anilines is 3. The molecule has 1 saturated heterocycles. The number of rotatable bonds is 5. The smallest absolute Gasteiger partial charge is 0.310 e. The number of hydrogen-bond donors (Lipinski definition) is 1. The highest BCUT2D eigenvalue weighted by Crippen LogP contribution is 2.37. The van der Waals surface area contributed by atoms with Crippen molar-refractivity contribution in [3.63, 3.8) is 0 Å². The molecule has 29 heavy (non-hydrogen) atoms. The molecule has 0 spiro atoms. The first-order valence-corrected chi connectivity index (χ1v) is 11.4. The minimum absolute atomic E-state index is 0.121. The number of carbonyl (C=O) groups is 1. The Morgan fingerprint density at radius 2 is 2.03 bits per heavy atom. The summed E-state index contributed by atoms with van der Waals surface area (Å²) in [5.41, 5.74) is 0.892. The van der Waals surface area contributed by atoms with Crippen molar-refractivity contribution in [1.82, 2.24) is 15.0 Å². The van der Waals surface area contributed by atoms with E-state index >= 15 is 0 Å². The number of thiazole rings is 1. The van der Waals surface area contributed by atoms with E-state index in [2.05, 4.69) is 15.2 Å². The molecule has 2 aliphatic rings. The second kappa shape index (κ2) is 9.07. The van der Waals surface area contributed by atoms with Gasteiger partial charge in [-0.25, -0.2) is 9.97 Å². The molecule has 0 amide bonds. The predicted octanol–water partition coefficient (Wildman–Crippen LogP) is 4.18. The van der Waals surface area contributed by atoms with Crippen molar-refractivity contribution < 1.29 is 9.53 Å². The summed E-state index contributed by atoms with van der Waals surface area (Å²) in [5.74, 6) is 2.32. The fraction of sp³-hybridized carbons (Fsp3) is 0.619. The lowest BCUT2D eigenvalue weighted by Crippen LogP contribution is -2.46. The molecule has 2 aromatic rings. The van der Waals surface area contributed by atoms with Crippen molar-refractivity contribution in [1.29, 1.82) is 0 Å². The zero-order chi connectivity index (χ0) is 20.2. The van der Waals surface area contributed by atoms with E-state index in [9.17, 15) is 4.79 Å². The van der Waals surface area contributed by atoms with Crippen molar-refractivity contribution in [2.75, 3.05) is 30.4 Å². The third-order valence-electron chi connectivity index (χ3n) is 6.13. The molecule has 2 fully saturated rings. The van der Waals surface area contributed by atoms with Gasteiger partial charge in [-0.15, -0.1) is 11.3 Å². The molecule has 2 atom stereocenters. The summed E-state index contributed by atoms with van der Waals surface area (Å²) in [6.07, 6.45) is 9.13. The predicted molar refractivity (Wildman–Crippen MR) is 115 cm³/mol. The minimum Gasteiger partial charge on any atom is -0.469 e. The van der Waals surface area contributed by atoms with Gasteiger partial charge >= 0.3 is 5.97 Å². The van der Waals surface area contributed by atoms with E-state index in [1.165, 1.54) is 50.6 Å². The van der Waals surface area contributed by atoms with Crippen LogP contribution in [-0.4, -0.2) is 41.1 Å². The van der Waals surface area contributed by atoms with Crippen LogP contribution in [0.4, 0.5) is 16.9 Å². The van der Waals surface area contributed by atoms with Gasteiger partial charge < -0.3 is 15.0 Å². The molecule has 7 nitrogen and oxygen atoms in total. The molecule has 0 bridgehead atoms. The Labute approximate surface area is 175 Å². The molecular formula is C21H29N5O2S. The number of aromatic nitrogens is 3. The lowest BCUT2D eigenvalue weighted by Gasteiger charge is -2.41. The van der Waals surface area contributed by atoms with Crippen LogP contribution < -0.4 is 10.2 Å². The van der Waals surface area contributed by atoms with Crippen molar-refractivity contribution in [3.05, 3.63) is 23.3 Å². The number of nitrogens with one attached hydrogen (secondary N) is 1. The van der Waals surface area contributed by atoms with Gasteiger partial charge in [-0.05, 0) is 25.2 Å². The van der Waals surface area contributed by atoms with Crippen LogP contribution in [0, 0.1) is 24.7 Å². The fourth-order valence-corrected chi connectivity index (χ4v) is 5.27. The van der Waals surface area contributed by atoms with E-state index in [1.54, 1.807) is 6.20 Å². The van der Waals surface area contributed by atoms with Gasteiger partial charge in [0.05, 0.1) is 13.0 Å². The van der Waals surface area contributed by atoms with Crippen LogP contribution in [0.15, 0.2) is 17.6 Å². The third-order valence-corrected chi connectivity index (χ3v) is 6.82. The van der Waals surface area contributed by atoms with Crippen LogP contribution in [0.3, 0.4) is 0 Å². The Kier molecular flexibility index (Phi) is 6.28. The van der Waals surface area contributed by atoms with Gasteiger partial charge in [-0.2, -0.15) is 4.98 Å². The van der Waals surface area contributed by atoms with E-state index in [0.717, 1.165) is 29.6 Å². The van der Waals surface area contributed by atoms with Crippen LogP contribution in [0.2, 0.25) is 0 Å². The van der Waals surface area contributed by atoms with Crippen LogP contribution in [0.5, 0.6) is 0 Å². The van der Waals surface area contributed by atoms with Gasteiger partial charge in [0.25, 0.3) is 0 Å². The first-order chi connectivity index (χ1) is 14.1. The number of hydrogen-bond acceptors (Lipinski definition) is 8. The standard InChI is InChI=1S/C21H29N5O2S/c1-14-10-18(25-21-22-8-9-29-21)24-20(23-14)26-12-16(15-6-4-3-5-7-15)11-17(13-26)19(27)28-2/h8-10,15-17H,3-7,11-13H2,1-2H3,(H,22,23,24,25). The Morgan fingerprint density at radius 3 is 2.76 bits per heavy atom. The summed E-state index contributed by atoms with van der Waals surface area (Å²) in [6.45, 7) is 3.48. The molecular weight excluding hydrogens is 386 g/mol. The zero-order valence-corrected chi connectivity index (χ0v) is 18.0. The summed E-state index contributed by atoms with van der Waals surface area (Å²) in [7, 11) is 1.48. The van der Waals surface area contributed by atoms with Crippen molar-refractivity contribution in [2.24, 2.45) is 17.8 Å². The monoisotopic (exact) mass is 415 g/mol. The zero-order valence-electron chi connectivity index (χ0n) is 17.1. The Morgan fingerprint density at radius 1 is 1.21 bits per heavy atom. The quantitative estimate of drug-likeness (QED) is 0.734. The Balaban J connectivity index is 1.57. The van der Waals surface area contributed by atoms with Gasteiger partial charge in [-0.1, -0.05) is 32.1 Å². The van der Waals surface area contributed by atoms with E-state index in [4.69, 9.17) is 14.7 Å². The van der Waals surface area contributed by atoms with Crippen molar-refractivity contribution >= 4 is 34.2 Å². The lowest BCUT2D eigenvalue weighted by molar-refractivity contribution is -0.146. The third kappa shape index (κ3) is 4.86. The first kappa shape index (κ1) is 20.1. The second-order valence-electron chi connectivity index (χ2n) is 8.18. The molecule has 2 unspecified atom stereocenters. The number of aryl methyl sites for hydroxylation is 1. The van der Waals surface area contributed by atoms with Gasteiger partial charge in [0.1, 0.15) is 5.82 Å². The molecule has 0 radical (unpaired) electrons. The normalized spacial score (nSPS) is 23.0. The number of piperidine rings is 1. The van der Waals surface area contributed by atoms with Crippen molar-refractivity contribution in [3.8, 4) is 0 Å². The first-order valence-electron chi connectivity index (χ1n) is 10.5. The van der Waals surface area contributed by atoms with Crippen LogP contribution in [0.1, 0.15) is 44.2 Å². The summed E-state index contributed by atoms with van der Waals surface area (Å²) in [5, 5.41) is 6.00. The summed E-state index contributed by atoms with van der Waals surface area (Å²) < 4.78 is 5.10. The molecule has 1 aliphatic heterocycles. The van der Waals surface area contributed by atoms with Gasteiger partial charge in [0.15, 0.2) is 5.13 Å². The highest BCUT2D eigenvalue weighted by atomic mass is 32.1. The average molecular weight is 416 g/mol. The maximum Gasteiger partial charge on any atom is 0.310 e. The maximum atomic E-state index is 12.4. The SMILES string of the molecule is COC(=O)C1CC(C2CCCCC2)CN(c2nc(C)cc(Nc3nccs3)n2)C1. The van der Waals surface area contributed by atoms with E-state index in [1.807, 2.05) is 18.4 Å². The molecule has 4 rings (SSSR count). The van der Waals surface area contributed by atoms with E-state index in [0.29, 0.717) is 24.3 Å². The lowest BCUT2D eigenvalue weighted by atomic mass is 9.74. The average Bonchev–Trinajstić information content (AvgIpc) is 3.26. The van der Waals surface area contributed by atoms with Crippen LogP contribution in [0.25, 0.3) is 0 Å². The highest BCUT2D eigenvalue weighted by Gasteiger charge is 2.37. The minimum atomic E-state index is -0.125. The molecule has 1 aliphatic carbocycles.